The van der Waals surface area contributed by atoms with Crippen molar-refractivity contribution in [1.82, 2.24) is 14.8 Å². The number of likely N-dealkylation sites (tertiary alicyclic amines) is 1. The maximum absolute atomic E-state index is 12.7. The lowest BCUT2D eigenvalue weighted by Gasteiger charge is -2.32. The first-order chi connectivity index (χ1) is 16.2. The molecule has 0 spiro atoms. The van der Waals surface area contributed by atoms with Crippen molar-refractivity contribution in [1.29, 1.82) is 0 Å². The minimum Gasteiger partial charge on any atom is -0.493 e. The van der Waals surface area contributed by atoms with Gasteiger partial charge in [-0.2, -0.15) is 0 Å². The molecule has 2 aliphatic heterocycles. The molecule has 1 aromatic heterocycles. The van der Waals surface area contributed by atoms with E-state index in [0.29, 0.717) is 18.1 Å². The van der Waals surface area contributed by atoms with Gasteiger partial charge in [0.25, 0.3) is 5.91 Å². The molecule has 0 N–H and O–H groups in total. The second kappa shape index (κ2) is 10.2. The summed E-state index contributed by atoms with van der Waals surface area (Å²) in [6.45, 7) is 5.26. The summed E-state index contributed by atoms with van der Waals surface area (Å²) < 4.78 is 6.11. The molecule has 2 aliphatic rings. The van der Waals surface area contributed by atoms with Gasteiger partial charge in [0.05, 0.1) is 12.2 Å². The molecule has 2 aromatic carbocycles. The Morgan fingerprint density at radius 3 is 2.67 bits per heavy atom. The lowest BCUT2D eigenvalue weighted by atomic mass is 9.98. The standard InChI is InChI=1S/C28H31N3O2/c32-28(25-8-3-14-29-17-25)31-15-4-5-23(19-31)21-33-27-11-9-22(10-12-27)18-30-16-13-24-6-1-2-7-26(24)20-30/h1-3,6-12,14,17,23H,4-5,13,15-16,18-21H2/t23-/m1/s1. The predicted molar refractivity (Wildman–Crippen MR) is 129 cm³/mol. The summed E-state index contributed by atoms with van der Waals surface area (Å²) in [6.07, 6.45) is 6.56. The minimum atomic E-state index is 0.0671. The lowest BCUT2D eigenvalue weighted by molar-refractivity contribution is 0.0633. The molecular weight excluding hydrogens is 410 g/mol. The number of fused-ring (bicyclic) bond motifs is 1. The van der Waals surface area contributed by atoms with Gasteiger partial charge < -0.3 is 9.64 Å². The van der Waals surface area contributed by atoms with Crippen LogP contribution in [0.15, 0.2) is 73.1 Å². The van der Waals surface area contributed by atoms with E-state index in [1.54, 1.807) is 12.4 Å². The van der Waals surface area contributed by atoms with E-state index in [9.17, 15) is 4.79 Å². The molecule has 0 bridgehead atoms. The van der Waals surface area contributed by atoms with Crippen LogP contribution in [0, 0.1) is 5.92 Å². The molecular formula is C28H31N3O2. The van der Waals surface area contributed by atoms with Gasteiger partial charge >= 0.3 is 0 Å². The topological polar surface area (TPSA) is 45.7 Å². The number of aromatic nitrogens is 1. The van der Waals surface area contributed by atoms with Crippen LogP contribution in [0.3, 0.4) is 0 Å². The van der Waals surface area contributed by atoms with E-state index in [1.807, 2.05) is 17.0 Å². The van der Waals surface area contributed by atoms with Gasteiger partial charge in [-0.25, -0.2) is 0 Å². The van der Waals surface area contributed by atoms with E-state index >= 15 is 0 Å². The zero-order valence-corrected chi connectivity index (χ0v) is 19.0. The molecule has 3 heterocycles. The molecule has 1 amide bonds. The zero-order valence-electron chi connectivity index (χ0n) is 19.0. The third-order valence-corrected chi connectivity index (χ3v) is 6.74. The molecule has 5 nitrogen and oxygen atoms in total. The SMILES string of the molecule is O=C(c1cccnc1)N1CCC[C@@H](COc2ccc(CN3CCc4ccccc4C3)cc2)C1. The number of carbonyl (C=O) groups excluding carboxylic acids is 1. The van der Waals surface area contributed by atoms with Crippen molar-refractivity contribution in [2.24, 2.45) is 5.92 Å². The highest BCUT2D eigenvalue weighted by Gasteiger charge is 2.25. The first kappa shape index (κ1) is 21.7. The molecule has 170 valence electrons. The van der Waals surface area contributed by atoms with Crippen molar-refractivity contribution in [3.05, 3.63) is 95.3 Å². The summed E-state index contributed by atoms with van der Waals surface area (Å²) in [7, 11) is 0. The zero-order chi connectivity index (χ0) is 22.5. The van der Waals surface area contributed by atoms with Gasteiger partial charge in [0, 0.05) is 51.0 Å². The van der Waals surface area contributed by atoms with E-state index in [0.717, 1.165) is 57.7 Å². The highest BCUT2D eigenvalue weighted by molar-refractivity contribution is 5.93. The van der Waals surface area contributed by atoms with Crippen molar-refractivity contribution in [2.45, 2.75) is 32.4 Å². The third-order valence-electron chi connectivity index (χ3n) is 6.74. The van der Waals surface area contributed by atoms with E-state index in [1.165, 1.54) is 16.7 Å². The van der Waals surface area contributed by atoms with Crippen molar-refractivity contribution in [2.75, 3.05) is 26.2 Å². The van der Waals surface area contributed by atoms with Crippen molar-refractivity contribution in [3.8, 4) is 5.75 Å². The number of amides is 1. The quantitative estimate of drug-likeness (QED) is 0.562. The molecule has 5 heteroatoms. The number of nitrogens with zero attached hydrogens (tertiary/aromatic N) is 3. The van der Waals surface area contributed by atoms with E-state index < -0.39 is 0 Å². The van der Waals surface area contributed by atoms with Crippen LogP contribution in [0.5, 0.6) is 5.75 Å². The number of rotatable bonds is 6. The van der Waals surface area contributed by atoms with Gasteiger partial charge in [-0.3, -0.25) is 14.7 Å². The maximum atomic E-state index is 12.7. The number of benzene rings is 2. The summed E-state index contributed by atoms with van der Waals surface area (Å²) in [5.74, 6) is 1.32. The van der Waals surface area contributed by atoms with E-state index in [-0.39, 0.29) is 5.91 Å². The largest absolute Gasteiger partial charge is 0.493 e. The van der Waals surface area contributed by atoms with Gasteiger partial charge in [0.2, 0.25) is 0 Å². The van der Waals surface area contributed by atoms with E-state index in [4.69, 9.17) is 4.74 Å². The predicted octanol–water partition coefficient (Wildman–Crippen LogP) is 4.57. The van der Waals surface area contributed by atoms with Crippen LogP contribution in [-0.2, 0) is 19.5 Å². The van der Waals surface area contributed by atoms with Gasteiger partial charge in [-0.05, 0) is 60.2 Å². The Morgan fingerprint density at radius 2 is 1.85 bits per heavy atom. The van der Waals surface area contributed by atoms with Gasteiger partial charge in [0.15, 0.2) is 0 Å². The highest BCUT2D eigenvalue weighted by atomic mass is 16.5. The Morgan fingerprint density at radius 1 is 1.00 bits per heavy atom. The number of carbonyl (C=O) groups is 1. The molecule has 0 saturated carbocycles. The molecule has 1 fully saturated rings. The number of pyridine rings is 1. The third kappa shape index (κ3) is 5.42. The Kier molecular flexibility index (Phi) is 6.68. The summed E-state index contributed by atoms with van der Waals surface area (Å²) in [4.78, 5) is 21.3. The van der Waals surface area contributed by atoms with Crippen LogP contribution >= 0.6 is 0 Å². The van der Waals surface area contributed by atoms with Gasteiger partial charge in [-0.15, -0.1) is 0 Å². The fourth-order valence-electron chi connectivity index (χ4n) is 4.91. The van der Waals surface area contributed by atoms with Gasteiger partial charge in [0.1, 0.15) is 5.75 Å². The molecule has 0 aliphatic carbocycles. The molecule has 5 rings (SSSR count). The molecule has 1 atom stereocenters. The monoisotopic (exact) mass is 441 g/mol. The highest BCUT2D eigenvalue weighted by Crippen LogP contribution is 2.23. The van der Waals surface area contributed by atoms with E-state index in [2.05, 4.69) is 58.4 Å². The van der Waals surface area contributed by atoms with Crippen molar-refractivity contribution < 1.29 is 9.53 Å². The number of hydrogen-bond donors (Lipinski definition) is 0. The summed E-state index contributed by atoms with van der Waals surface area (Å²) in [6, 6.07) is 20.9. The Bertz CT molecular complexity index is 1070. The van der Waals surface area contributed by atoms with Crippen LogP contribution < -0.4 is 4.74 Å². The van der Waals surface area contributed by atoms with Crippen LogP contribution in [-0.4, -0.2) is 46.9 Å². The van der Waals surface area contributed by atoms with Crippen molar-refractivity contribution in [3.63, 3.8) is 0 Å². The Balaban J connectivity index is 1.11. The van der Waals surface area contributed by atoms with Crippen LogP contribution in [0.4, 0.5) is 0 Å². The number of ether oxygens (including phenoxy) is 1. The average molecular weight is 442 g/mol. The minimum absolute atomic E-state index is 0.0671. The molecule has 0 unspecified atom stereocenters. The summed E-state index contributed by atoms with van der Waals surface area (Å²) in [5.41, 5.74) is 4.91. The number of piperidine rings is 1. The average Bonchev–Trinajstić information content (AvgIpc) is 2.88. The molecule has 0 radical (unpaired) electrons. The van der Waals surface area contributed by atoms with Crippen molar-refractivity contribution >= 4 is 5.91 Å². The van der Waals surface area contributed by atoms with Crippen LogP contribution in [0.2, 0.25) is 0 Å². The lowest BCUT2D eigenvalue weighted by Crippen LogP contribution is -2.41. The van der Waals surface area contributed by atoms with Gasteiger partial charge in [-0.1, -0.05) is 36.4 Å². The Labute approximate surface area is 196 Å². The van der Waals surface area contributed by atoms with Crippen LogP contribution in [0.1, 0.15) is 39.9 Å². The fourth-order valence-corrected chi connectivity index (χ4v) is 4.91. The summed E-state index contributed by atoms with van der Waals surface area (Å²) in [5, 5.41) is 0. The summed E-state index contributed by atoms with van der Waals surface area (Å²) >= 11 is 0. The maximum Gasteiger partial charge on any atom is 0.255 e. The molecule has 33 heavy (non-hydrogen) atoms. The smallest absolute Gasteiger partial charge is 0.255 e. The number of hydrogen-bond acceptors (Lipinski definition) is 4. The molecule has 3 aromatic rings. The second-order valence-corrected chi connectivity index (χ2v) is 9.19. The Hall–Kier alpha value is -3.18. The molecule has 1 saturated heterocycles. The van der Waals surface area contributed by atoms with Crippen LogP contribution in [0.25, 0.3) is 0 Å². The normalized spacial score (nSPS) is 18.5. The second-order valence-electron chi connectivity index (χ2n) is 9.19. The fraction of sp³-hybridized carbons (Fsp3) is 0.357. The first-order valence-electron chi connectivity index (χ1n) is 11.9. The first-order valence-corrected chi connectivity index (χ1v) is 11.9.